The van der Waals surface area contributed by atoms with Gasteiger partial charge in [-0.15, -0.1) is 0 Å². The normalized spacial score (nSPS) is 20.7. The lowest BCUT2D eigenvalue weighted by Crippen LogP contribution is -1.96. The lowest BCUT2D eigenvalue weighted by atomic mass is 10.1. The molecule has 1 atom stereocenters. The highest BCUT2D eigenvalue weighted by Crippen LogP contribution is 2.20. The van der Waals surface area contributed by atoms with Crippen LogP contribution in [0.5, 0.6) is 0 Å². The minimum atomic E-state index is 0.527. The van der Waals surface area contributed by atoms with Gasteiger partial charge in [0.1, 0.15) is 0 Å². The highest BCUT2D eigenvalue weighted by atomic mass is 16.6. The van der Waals surface area contributed by atoms with E-state index >= 15 is 0 Å². The Morgan fingerprint density at radius 3 is 2.69 bits per heavy atom. The molecule has 0 N–H and O–H groups in total. The molecular weight excluding hydrogens is 164 g/mol. The quantitative estimate of drug-likeness (QED) is 0.658. The van der Waals surface area contributed by atoms with E-state index in [1.54, 1.807) is 0 Å². The maximum Gasteiger partial charge on any atom is 0.0813 e. The van der Waals surface area contributed by atoms with Crippen LogP contribution >= 0.6 is 0 Å². The molecule has 0 radical (unpaired) electrons. The third kappa shape index (κ3) is 1.75. The van der Waals surface area contributed by atoms with Gasteiger partial charge in [0, 0.05) is 12.7 Å². The topological polar surface area (TPSA) is 30.4 Å². The van der Waals surface area contributed by atoms with Gasteiger partial charge in [-0.2, -0.15) is 5.10 Å². The second-order valence-electron chi connectivity index (χ2n) is 3.77. The van der Waals surface area contributed by atoms with Gasteiger partial charge in [0.25, 0.3) is 0 Å². The largest absolute Gasteiger partial charge is 0.373 e. The molecule has 3 heteroatoms. The first-order valence-electron chi connectivity index (χ1n) is 4.79. The SMILES string of the molecule is Cc1nn(C)c(C)c1CCC1CO1. The van der Waals surface area contributed by atoms with Crippen LogP contribution in [0.15, 0.2) is 0 Å². The average Bonchev–Trinajstić information content (AvgIpc) is 2.84. The molecule has 72 valence electrons. The molecule has 1 aliphatic heterocycles. The Kier molecular flexibility index (Phi) is 2.12. The summed E-state index contributed by atoms with van der Waals surface area (Å²) in [5.41, 5.74) is 3.86. The molecule has 13 heavy (non-hydrogen) atoms. The van der Waals surface area contributed by atoms with E-state index in [1.807, 2.05) is 11.7 Å². The Morgan fingerprint density at radius 1 is 1.54 bits per heavy atom. The van der Waals surface area contributed by atoms with Crippen LogP contribution in [0.1, 0.15) is 23.4 Å². The molecule has 2 heterocycles. The lowest BCUT2D eigenvalue weighted by Gasteiger charge is -1.99. The van der Waals surface area contributed by atoms with Gasteiger partial charge in [0.05, 0.1) is 18.4 Å². The summed E-state index contributed by atoms with van der Waals surface area (Å²) >= 11 is 0. The van der Waals surface area contributed by atoms with Gasteiger partial charge in [0.15, 0.2) is 0 Å². The second-order valence-corrected chi connectivity index (χ2v) is 3.77. The van der Waals surface area contributed by atoms with Gasteiger partial charge < -0.3 is 4.74 Å². The molecule has 1 unspecified atom stereocenters. The Balaban J connectivity index is 2.08. The van der Waals surface area contributed by atoms with Gasteiger partial charge in [-0.3, -0.25) is 4.68 Å². The van der Waals surface area contributed by atoms with Gasteiger partial charge in [-0.25, -0.2) is 0 Å². The summed E-state index contributed by atoms with van der Waals surface area (Å²) in [6, 6.07) is 0. The molecule has 1 fully saturated rings. The van der Waals surface area contributed by atoms with Crippen molar-refractivity contribution in [2.45, 2.75) is 32.8 Å². The number of hydrogen-bond donors (Lipinski definition) is 0. The zero-order chi connectivity index (χ0) is 9.42. The molecule has 0 amide bonds. The minimum Gasteiger partial charge on any atom is -0.373 e. The predicted molar refractivity (Wildman–Crippen MR) is 50.7 cm³/mol. The molecule has 3 nitrogen and oxygen atoms in total. The first kappa shape index (κ1) is 8.75. The fourth-order valence-electron chi connectivity index (χ4n) is 1.72. The number of epoxide rings is 1. The van der Waals surface area contributed by atoms with Crippen LogP contribution in [-0.4, -0.2) is 22.5 Å². The van der Waals surface area contributed by atoms with Crippen molar-refractivity contribution in [3.05, 3.63) is 17.0 Å². The molecule has 2 rings (SSSR count). The Labute approximate surface area is 78.7 Å². The maximum absolute atomic E-state index is 5.19. The summed E-state index contributed by atoms with van der Waals surface area (Å²) < 4.78 is 7.15. The first-order valence-corrected chi connectivity index (χ1v) is 4.79. The van der Waals surface area contributed by atoms with Crippen LogP contribution in [0.3, 0.4) is 0 Å². The first-order chi connectivity index (χ1) is 6.18. The average molecular weight is 180 g/mol. The van der Waals surface area contributed by atoms with Crippen LogP contribution in [0.2, 0.25) is 0 Å². The van der Waals surface area contributed by atoms with Crippen LogP contribution in [0.25, 0.3) is 0 Å². The number of aryl methyl sites for hydroxylation is 2. The van der Waals surface area contributed by atoms with Crippen LogP contribution < -0.4 is 0 Å². The summed E-state index contributed by atoms with van der Waals surface area (Å²) in [4.78, 5) is 0. The van der Waals surface area contributed by atoms with Crippen molar-refractivity contribution in [3.63, 3.8) is 0 Å². The maximum atomic E-state index is 5.19. The van der Waals surface area contributed by atoms with Crippen LogP contribution in [0.4, 0.5) is 0 Å². The van der Waals surface area contributed by atoms with Crippen molar-refractivity contribution in [1.82, 2.24) is 9.78 Å². The Bertz CT molecular complexity index is 313. The van der Waals surface area contributed by atoms with E-state index in [-0.39, 0.29) is 0 Å². The summed E-state index contributed by atoms with van der Waals surface area (Å²) in [5.74, 6) is 0. The molecule has 1 aliphatic rings. The van der Waals surface area contributed by atoms with Crippen molar-refractivity contribution in [2.24, 2.45) is 7.05 Å². The molecule has 1 aromatic rings. The van der Waals surface area contributed by atoms with E-state index in [0.29, 0.717) is 6.10 Å². The van der Waals surface area contributed by atoms with Crippen LogP contribution in [-0.2, 0) is 18.2 Å². The van der Waals surface area contributed by atoms with Crippen molar-refractivity contribution in [3.8, 4) is 0 Å². The zero-order valence-corrected chi connectivity index (χ0v) is 8.50. The molecule has 0 aromatic carbocycles. The highest BCUT2D eigenvalue weighted by molar-refractivity contribution is 5.24. The number of hydrogen-bond acceptors (Lipinski definition) is 2. The number of ether oxygens (including phenoxy) is 1. The monoisotopic (exact) mass is 180 g/mol. The summed E-state index contributed by atoms with van der Waals surface area (Å²) in [6.07, 6.45) is 2.78. The number of aromatic nitrogens is 2. The predicted octanol–water partition coefficient (Wildman–Crippen LogP) is 1.37. The van der Waals surface area contributed by atoms with E-state index in [2.05, 4.69) is 18.9 Å². The fourth-order valence-corrected chi connectivity index (χ4v) is 1.72. The summed E-state index contributed by atoms with van der Waals surface area (Å²) in [5, 5.41) is 4.38. The zero-order valence-electron chi connectivity index (χ0n) is 8.50. The van der Waals surface area contributed by atoms with Crippen molar-refractivity contribution in [2.75, 3.05) is 6.61 Å². The van der Waals surface area contributed by atoms with Crippen LogP contribution in [0, 0.1) is 13.8 Å². The molecular formula is C10H16N2O. The second kappa shape index (κ2) is 3.14. The van der Waals surface area contributed by atoms with Gasteiger partial charge in [0.2, 0.25) is 0 Å². The van der Waals surface area contributed by atoms with E-state index in [0.717, 1.165) is 19.4 Å². The van der Waals surface area contributed by atoms with E-state index < -0.39 is 0 Å². The molecule has 0 saturated carbocycles. The molecule has 0 aliphatic carbocycles. The molecule has 1 saturated heterocycles. The lowest BCUT2D eigenvalue weighted by molar-refractivity contribution is 0.396. The highest BCUT2D eigenvalue weighted by Gasteiger charge is 2.22. The number of rotatable bonds is 3. The number of nitrogens with zero attached hydrogens (tertiary/aromatic N) is 2. The smallest absolute Gasteiger partial charge is 0.0813 e. The fraction of sp³-hybridized carbons (Fsp3) is 0.700. The van der Waals surface area contributed by atoms with Gasteiger partial charge in [-0.1, -0.05) is 0 Å². The molecule has 0 spiro atoms. The van der Waals surface area contributed by atoms with E-state index in [9.17, 15) is 0 Å². The van der Waals surface area contributed by atoms with Gasteiger partial charge >= 0.3 is 0 Å². The van der Waals surface area contributed by atoms with Crippen molar-refractivity contribution in [1.29, 1.82) is 0 Å². The molecule has 1 aromatic heterocycles. The Hall–Kier alpha value is -0.830. The molecule has 0 bridgehead atoms. The van der Waals surface area contributed by atoms with E-state index in [1.165, 1.54) is 17.0 Å². The van der Waals surface area contributed by atoms with Gasteiger partial charge in [-0.05, 0) is 32.3 Å². The third-order valence-electron chi connectivity index (χ3n) is 2.78. The van der Waals surface area contributed by atoms with Crippen molar-refractivity contribution >= 4 is 0 Å². The standard InChI is InChI=1S/C10H16N2O/c1-7-10(5-4-9-6-13-9)8(2)12(3)11-7/h9H,4-6H2,1-3H3. The van der Waals surface area contributed by atoms with Crippen molar-refractivity contribution < 1.29 is 4.74 Å². The minimum absolute atomic E-state index is 0.527. The third-order valence-corrected chi connectivity index (χ3v) is 2.78. The summed E-state index contributed by atoms with van der Waals surface area (Å²) in [6.45, 7) is 5.16. The van der Waals surface area contributed by atoms with E-state index in [4.69, 9.17) is 4.74 Å². The summed E-state index contributed by atoms with van der Waals surface area (Å²) in [7, 11) is 2.00. The Morgan fingerprint density at radius 2 is 2.23 bits per heavy atom.